The predicted octanol–water partition coefficient (Wildman–Crippen LogP) is -0.0228. The quantitative estimate of drug-likeness (QED) is 0.489. The van der Waals surface area contributed by atoms with Gasteiger partial charge in [0.25, 0.3) is 0 Å². The average molecular weight is 121 g/mol. The van der Waals surface area contributed by atoms with Crippen molar-refractivity contribution in [3.05, 3.63) is 0 Å². The molecule has 0 bridgehead atoms. The molecule has 2 N–H and O–H groups in total. The van der Waals surface area contributed by atoms with Crippen molar-refractivity contribution in [2.24, 2.45) is 5.73 Å². The summed E-state index contributed by atoms with van der Waals surface area (Å²) in [4.78, 5) is 10.8. The molecule has 1 saturated heterocycles. The molecule has 1 rings (SSSR count). The first-order valence-electron chi connectivity index (χ1n) is 3.77. The summed E-state index contributed by atoms with van der Waals surface area (Å²) in [5.41, 5.74) is 2.96. The standard InChI is InChI=1S/C4H7NOS/c5-3-1-2-7-4(3)6/h3H,1-2,5H2/t3-/m0/s1/i1D2,2D2. The summed E-state index contributed by atoms with van der Waals surface area (Å²) in [5, 5.41) is -0.625. The summed E-state index contributed by atoms with van der Waals surface area (Å²) in [6, 6.07) is -1.34. The summed E-state index contributed by atoms with van der Waals surface area (Å²) < 4.78 is 28.5. The van der Waals surface area contributed by atoms with Gasteiger partial charge in [-0.05, 0) is 6.37 Å². The van der Waals surface area contributed by atoms with Gasteiger partial charge in [-0.25, -0.2) is 0 Å². The molecule has 1 heterocycles. The third-order valence-electron chi connectivity index (χ3n) is 0.620. The van der Waals surface area contributed by atoms with Gasteiger partial charge >= 0.3 is 0 Å². The molecule has 1 aliphatic heterocycles. The van der Waals surface area contributed by atoms with Crippen LogP contribution in [0.3, 0.4) is 0 Å². The Hall–Kier alpha value is -0.0200. The molecule has 1 fully saturated rings. The topological polar surface area (TPSA) is 43.1 Å². The first-order chi connectivity index (χ1) is 4.79. The SMILES string of the molecule is [2H]C1([2H])SC(=O)[C@@H](N)C1([2H])[2H]. The second-order valence-electron chi connectivity index (χ2n) is 1.15. The molecule has 0 saturated carbocycles. The van der Waals surface area contributed by atoms with Crippen LogP contribution in [0, 0.1) is 0 Å². The van der Waals surface area contributed by atoms with Gasteiger partial charge in [0, 0.05) is 11.2 Å². The van der Waals surface area contributed by atoms with Crippen LogP contribution in [0.25, 0.3) is 0 Å². The van der Waals surface area contributed by atoms with E-state index in [-0.39, 0.29) is 0 Å². The van der Waals surface area contributed by atoms with E-state index in [9.17, 15) is 4.79 Å². The molecule has 0 amide bonds. The maximum absolute atomic E-state index is 10.8. The Morgan fingerprint density at radius 2 is 2.86 bits per heavy atom. The van der Waals surface area contributed by atoms with Gasteiger partial charge < -0.3 is 5.73 Å². The normalized spacial score (nSPS) is 54.4. The molecule has 2 nitrogen and oxygen atoms in total. The first kappa shape index (κ1) is 2.07. The lowest BCUT2D eigenvalue weighted by Gasteiger charge is -1.90. The van der Waals surface area contributed by atoms with Gasteiger partial charge in [-0.15, -0.1) is 0 Å². The van der Waals surface area contributed by atoms with Crippen molar-refractivity contribution in [1.29, 1.82) is 0 Å². The van der Waals surface area contributed by atoms with Crippen molar-refractivity contribution in [3.63, 3.8) is 0 Å². The van der Waals surface area contributed by atoms with Gasteiger partial charge in [0.05, 0.1) is 6.04 Å². The van der Waals surface area contributed by atoms with Gasteiger partial charge in [-0.3, -0.25) is 4.79 Å². The molecule has 0 unspecified atom stereocenters. The van der Waals surface area contributed by atoms with E-state index in [2.05, 4.69) is 0 Å². The highest BCUT2D eigenvalue weighted by molar-refractivity contribution is 8.14. The zero-order chi connectivity index (χ0) is 8.86. The lowest BCUT2D eigenvalue weighted by Crippen LogP contribution is -2.22. The molecular weight excluding hydrogens is 110 g/mol. The van der Waals surface area contributed by atoms with E-state index in [1.807, 2.05) is 0 Å². The van der Waals surface area contributed by atoms with Crippen LogP contribution in [0.15, 0.2) is 0 Å². The molecule has 0 aromatic heterocycles. The van der Waals surface area contributed by atoms with E-state index < -0.39 is 23.2 Å². The highest BCUT2D eigenvalue weighted by atomic mass is 32.2. The van der Waals surface area contributed by atoms with Crippen molar-refractivity contribution < 1.29 is 10.3 Å². The van der Waals surface area contributed by atoms with Gasteiger partial charge in [0.1, 0.15) is 0 Å². The van der Waals surface area contributed by atoms with E-state index in [1.54, 1.807) is 0 Å². The van der Waals surface area contributed by atoms with Gasteiger partial charge in [-0.1, -0.05) is 11.8 Å². The first-order valence-corrected chi connectivity index (χ1v) is 2.59. The van der Waals surface area contributed by atoms with Crippen molar-refractivity contribution in [1.82, 2.24) is 0 Å². The van der Waals surface area contributed by atoms with Crippen LogP contribution < -0.4 is 5.73 Å². The molecule has 3 heteroatoms. The minimum absolute atomic E-state index is 0.332. The molecule has 1 atom stereocenters. The monoisotopic (exact) mass is 121 g/mol. The molecule has 0 aromatic carbocycles. The maximum Gasteiger partial charge on any atom is 0.205 e. The zero-order valence-corrected chi connectivity index (χ0v) is 4.29. The number of nitrogens with two attached hydrogens (primary N) is 1. The fourth-order valence-corrected chi connectivity index (χ4v) is 0.738. The highest BCUT2D eigenvalue weighted by Crippen LogP contribution is 2.16. The van der Waals surface area contributed by atoms with Gasteiger partial charge in [-0.2, -0.15) is 0 Å². The Morgan fingerprint density at radius 3 is 3.00 bits per heavy atom. The number of thioether (sulfide) groups is 1. The second kappa shape index (κ2) is 1.84. The highest BCUT2D eigenvalue weighted by Gasteiger charge is 2.19. The molecule has 1 aliphatic rings. The molecule has 0 aromatic rings. The summed E-state index contributed by atoms with van der Waals surface area (Å²) in [6.07, 6.45) is -2.26. The number of hydrogen-bond donors (Lipinski definition) is 1. The van der Waals surface area contributed by atoms with E-state index in [1.165, 1.54) is 0 Å². The Balaban J connectivity index is 3.01. The van der Waals surface area contributed by atoms with Crippen molar-refractivity contribution >= 4 is 16.9 Å². The predicted molar refractivity (Wildman–Crippen MR) is 30.1 cm³/mol. The van der Waals surface area contributed by atoms with Crippen LogP contribution in [0.1, 0.15) is 11.9 Å². The van der Waals surface area contributed by atoms with E-state index in [0.717, 1.165) is 0 Å². The number of carbonyl (C=O) groups is 1. The molecule has 0 spiro atoms. The largest absolute Gasteiger partial charge is 0.321 e. The van der Waals surface area contributed by atoms with E-state index in [0.29, 0.717) is 11.8 Å². The Labute approximate surface area is 52.1 Å². The van der Waals surface area contributed by atoms with E-state index >= 15 is 0 Å². The smallest absolute Gasteiger partial charge is 0.205 e. The van der Waals surface area contributed by atoms with Gasteiger partial charge in [0.2, 0.25) is 5.12 Å². The minimum Gasteiger partial charge on any atom is -0.321 e. The lowest BCUT2D eigenvalue weighted by molar-refractivity contribution is -0.111. The number of carbonyl (C=O) groups excluding carboxylic acids is 1. The van der Waals surface area contributed by atoms with Crippen molar-refractivity contribution in [3.8, 4) is 0 Å². The van der Waals surface area contributed by atoms with Crippen LogP contribution in [0.5, 0.6) is 0 Å². The number of hydrogen-bond acceptors (Lipinski definition) is 3. The molecule has 40 valence electrons. The summed E-state index contributed by atoms with van der Waals surface area (Å²) in [6.45, 7) is 0. The van der Waals surface area contributed by atoms with Crippen LogP contribution >= 0.6 is 11.8 Å². The summed E-state index contributed by atoms with van der Waals surface area (Å²) >= 11 is 0.332. The molecule has 0 radical (unpaired) electrons. The Morgan fingerprint density at radius 1 is 2.14 bits per heavy atom. The van der Waals surface area contributed by atoms with Gasteiger partial charge in [0.15, 0.2) is 0 Å². The molecule has 7 heavy (non-hydrogen) atoms. The van der Waals surface area contributed by atoms with Crippen LogP contribution in [-0.4, -0.2) is 16.9 Å². The zero-order valence-electron chi connectivity index (χ0n) is 7.47. The minimum atomic E-state index is -2.26. The Bertz CT molecular complexity index is 206. The van der Waals surface area contributed by atoms with Crippen LogP contribution in [-0.2, 0) is 4.79 Å². The molecule has 0 aliphatic carbocycles. The lowest BCUT2D eigenvalue weighted by atomic mass is 10.3. The third-order valence-corrected chi connectivity index (χ3v) is 1.30. The van der Waals surface area contributed by atoms with Crippen molar-refractivity contribution in [2.45, 2.75) is 12.4 Å². The van der Waals surface area contributed by atoms with E-state index in [4.69, 9.17) is 11.2 Å². The molecular formula is C4H7NOS. The third kappa shape index (κ3) is 0.951. The summed E-state index contributed by atoms with van der Waals surface area (Å²) in [5.74, 6) is 0. The average Bonchev–Trinajstić information content (AvgIpc) is 1.93. The van der Waals surface area contributed by atoms with Crippen LogP contribution in [0.4, 0.5) is 0 Å². The second-order valence-corrected chi connectivity index (χ2v) is 1.96. The number of rotatable bonds is 0. The fourth-order valence-electron chi connectivity index (χ4n) is 0.266. The maximum atomic E-state index is 10.8. The summed E-state index contributed by atoms with van der Waals surface area (Å²) in [7, 11) is 0. The Kier molecular flexibility index (Phi) is 0.544. The fraction of sp³-hybridized carbons (Fsp3) is 0.750. The van der Waals surface area contributed by atoms with Crippen molar-refractivity contribution in [2.75, 3.05) is 5.70 Å². The van der Waals surface area contributed by atoms with Crippen LogP contribution in [0.2, 0.25) is 0 Å².